The fourth-order valence-corrected chi connectivity index (χ4v) is 6.54. The van der Waals surface area contributed by atoms with Gasteiger partial charge in [0.25, 0.3) is 0 Å². The van der Waals surface area contributed by atoms with Gasteiger partial charge in [-0.1, -0.05) is 84.9 Å². The van der Waals surface area contributed by atoms with Gasteiger partial charge >= 0.3 is 0 Å². The molecule has 0 saturated carbocycles. The van der Waals surface area contributed by atoms with Gasteiger partial charge in [-0.3, -0.25) is 4.98 Å². The Balaban J connectivity index is 1.21. The van der Waals surface area contributed by atoms with Gasteiger partial charge in [0, 0.05) is 57.3 Å². The van der Waals surface area contributed by atoms with Crippen molar-refractivity contribution in [3.8, 4) is 5.69 Å². The number of allylic oxidation sites excluding steroid dienone is 1. The molecule has 8 rings (SSSR count). The highest BCUT2D eigenvalue weighted by atomic mass is 15.2. The predicted molar refractivity (Wildman–Crippen MR) is 188 cm³/mol. The number of hydrogen-bond donors (Lipinski definition) is 0. The van der Waals surface area contributed by atoms with Gasteiger partial charge in [-0.2, -0.15) is 0 Å². The third-order valence-corrected chi connectivity index (χ3v) is 8.55. The van der Waals surface area contributed by atoms with Gasteiger partial charge in [-0.15, -0.1) is 0 Å². The highest BCUT2D eigenvalue weighted by molar-refractivity contribution is 6.10. The number of aromatic nitrogens is 2. The van der Waals surface area contributed by atoms with Crippen LogP contribution in [-0.2, 0) is 0 Å². The van der Waals surface area contributed by atoms with Crippen LogP contribution >= 0.6 is 0 Å². The lowest BCUT2D eigenvalue weighted by Crippen LogP contribution is -2.31. The topological polar surface area (TPSA) is 24.3 Å². The van der Waals surface area contributed by atoms with Crippen molar-refractivity contribution in [2.45, 2.75) is 12.5 Å². The Labute approximate surface area is 263 Å². The number of pyridine rings is 1. The molecule has 0 saturated heterocycles. The predicted octanol–water partition coefficient (Wildman–Crippen LogP) is 10.4. The quantitative estimate of drug-likeness (QED) is 0.187. The van der Waals surface area contributed by atoms with E-state index in [2.05, 4.69) is 183 Å². The Kier molecular flexibility index (Phi) is 6.93. The van der Waals surface area contributed by atoms with Crippen molar-refractivity contribution in [1.29, 1.82) is 0 Å². The molecule has 2 aromatic heterocycles. The van der Waals surface area contributed by atoms with Gasteiger partial charge in [-0.25, -0.2) is 0 Å². The summed E-state index contributed by atoms with van der Waals surface area (Å²) in [5, 5.41) is 2.32. The van der Waals surface area contributed by atoms with Crippen LogP contribution in [0, 0.1) is 0 Å². The normalized spacial score (nSPS) is 14.4. The molecular weight excluding hydrogens is 548 g/mol. The van der Waals surface area contributed by atoms with E-state index in [1.807, 2.05) is 12.4 Å². The molecule has 0 amide bonds. The minimum absolute atomic E-state index is 0.188. The maximum Gasteiger partial charge on any atom is 0.0571 e. The minimum Gasteiger partial charge on any atom is -0.334 e. The lowest BCUT2D eigenvalue weighted by Gasteiger charge is -2.35. The molecular formula is C41H32N4. The van der Waals surface area contributed by atoms with Crippen LogP contribution in [0.25, 0.3) is 27.5 Å². The van der Waals surface area contributed by atoms with E-state index in [1.54, 1.807) is 0 Å². The van der Waals surface area contributed by atoms with Gasteiger partial charge in [-0.05, 0) is 85.3 Å². The number of fused-ring (bicyclic) bond motifs is 3. The second-order valence-electron chi connectivity index (χ2n) is 11.3. The molecule has 1 aliphatic rings. The maximum absolute atomic E-state index is 4.51. The first-order valence-corrected chi connectivity index (χ1v) is 15.4. The van der Waals surface area contributed by atoms with Crippen LogP contribution in [0.15, 0.2) is 182 Å². The first-order chi connectivity index (χ1) is 22.3. The van der Waals surface area contributed by atoms with Crippen molar-refractivity contribution < 1.29 is 0 Å². The van der Waals surface area contributed by atoms with Gasteiger partial charge in [0.15, 0.2) is 0 Å². The zero-order valence-electron chi connectivity index (χ0n) is 24.8. The van der Waals surface area contributed by atoms with E-state index < -0.39 is 0 Å². The van der Waals surface area contributed by atoms with E-state index in [4.69, 9.17) is 0 Å². The Hall–Kier alpha value is -5.87. The van der Waals surface area contributed by atoms with Crippen molar-refractivity contribution in [1.82, 2.24) is 9.55 Å². The van der Waals surface area contributed by atoms with Crippen molar-refractivity contribution in [2.75, 3.05) is 9.80 Å². The Morgan fingerprint density at radius 1 is 0.578 bits per heavy atom. The lowest BCUT2D eigenvalue weighted by atomic mass is 10.0. The van der Waals surface area contributed by atoms with Crippen LogP contribution in [0.2, 0.25) is 0 Å². The summed E-state index contributed by atoms with van der Waals surface area (Å²) in [5.41, 5.74) is 9.21. The van der Waals surface area contributed by atoms with Crippen LogP contribution in [0.1, 0.15) is 6.42 Å². The molecule has 0 spiro atoms. The monoisotopic (exact) mass is 580 g/mol. The van der Waals surface area contributed by atoms with Crippen LogP contribution in [0.4, 0.5) is 22.7 Å². The van der Waals surface area contributed by atoms with E-state index in [1.165, 1.54) is 16.8 Å². The van der Waals surface area contributed by atoms with Crippen molar-refractivity contribution in [3.63, 3.8) is 0 Å². The van der Waals surface area contributed by atoms with Crippen LogP contribution < -0.4 is 9.80 Å². The number of hydrogen-bond acceptors (Lipinski definition) is 3. The first-order valence-electron chi connectivity index (χ1n) is 15.4. The molecule has 45 heavy (non-hydrogen) atoms. The molecule has 0 fully saturated rings. The molecule has 0 bridgehead atoms. The van der Waals surface area contributed by atoms with E-state index in [-0.39, 0.29) is 6.04 Å². The third kappa shape index (κ3) is 4.96. The second kappa shape index (κ2) is 11.7. The summed E-state index contributed by atoms with van der Waals surface area (Å²) in [7, 11) is 0. The Morgan fingerprint density at radius 3 is 1.80 bits per heavy atom. The van der Waals surface area contributed by atoms with Gasteiger partial charge < -0.3 is 14.4 Å². The van der Waals surface area contributed by atoms with Gasteiger partial charge in [0.1, 0.15) is 0 Å². The molecule has 1 aliphatic carbocycles. The Morgan fingerprint density at radius 2 is 1.18 bits per heavy atom. The van der Waals surface area contributed by atoms with Crippen molar-refractivity contribution >= 4 is 44.6 Å². The van der Waals surface area contributed by atoms with Crippen LogP contribution in [-0.4, -0.2) is 15.6 Å². The molecule has 216 valence electrons. The van der Waals surface area contributed by atoms with E-state index in [9.17, 15) is 0 Å². The summed E-state index contributed by atoms with van der Waals surface area (Å²) >= 11 is 0. The van der Waals surface area contributed by atoms with Gasteiger partial charge in [0.05, 0.1) is 17.1 Å². The second-order valence-corrected chi connectivity index (χ2v) is 11.3. The molecule has 1 atom stereocenters. The summed E-state index contributed by atoms with van der Waals surface area (Å²) in [5.74, 6) is 0. The number of benzene rings is 5. The van der Waals surface area contributed by atoms with Crippen LogP contribution in [0.3, 0.4) is 0 Å². The summed E-state index contributed by atoms with van der Waals surface area (Å²) in [6.07, 6.45) is 11.7. The number of para-hydroxylation sites is 4. The van der Waals surface area contributed by atoms with Crippen LogP contribution in [0.5, 0.6) is 0 Å². The van der Waals surface area contributed by atoms with E-state index >= 15 is 0 Å². The lowest BCUT2D eigenvalue weighted by molar-refractivity contribution is 0.777. The Bertz CT molecular complexity index is 2090. The largest absolute Gasteiger partial charge is 0.334 e. The zero-order chi connectivity index (χ0) is 30.0. The molecule has 1 unspecified atom stereocenters. The van der Waals surface area contributed by atoms with E-state index in [0.717, 1.165) is 45.6 Å². The third-order valence-electron chi connectivity index (χ3n) is 8.55. The van der Waals surface area contributed by atoms with Crippen molar-refractivity contribution in [3.05, 3.63) is 182 Å². The summed E-state index contributed by atoms with van der Waals surface area (Å²) in [6.45, 7) is 0. The number of rotatable bonds is 7. The zero-order valence-corrected chi connectivity index (χ0v) is 24.8. The molecule has 4 heteroatoms. The molecule has 2 heterocycles. The minimum atomic E-state index is 0.188. The number of nitrogens with zero attached hydrogens (tertiary/aromatic N) is 4. The number of anilines is 4. The highest BCUT2D eigenvalue weighted by Crippen LogP contribution is 2.39. The average molecular weight is 581 g/mol. The molecule has 0 aliphatic heterocycles. The molecule has 4 nitrogen and oxygen atoms in total. The first kappa shape index (κ1) is 26.7. The van der Waals surface area contributed by atoms with E-state index in [0.29, 0.717) is 0 Å². The smallest absolute Gasteiger partial charge is 0.0571 e. The molecule has 0 N–H and O–H groups in total. The highest BCUT2D eigenvalue weighted by Gasteiger charge is 2.23. The molecule has 5 aromatic carbocycles. The maximum atomic E-state index is 4.51. The summed E-state index contributed by atoms with van der Waals surface area (Å²) < 4.78 is 2.33. The molecule has 7 aromatic rings. The fourth-order valence-electron chi connectivity index (χ4n) is 6.54. The fraction of sp³-hybridized carbons (Fsp3) is 0.0488. The summed E-state index contributed by atoms with van der Waals surface area (Å²) in [6, 6.07) is 51.6. The van der Waals surface area contributed by atoms with Gasteiger partial charge in [0.2, 0.25) is 0 Å². The van der Waals surface area contributed by atoms with Crippen molar-refractivity contribution in [2.24, 2.45) is 0 Å². The average Bonchev–Trinajstić information content (AvgIpc) is 3.45. The molecule has 0 radical (unpaired) electrons. The summed E-state index contributed by atoms with van der Waals surface area (Å²) in [4.78, 5) is 9.30. The SMILES string of the molecule is C1=CC(N(c2ccccc2)c2ccccc2)CC=C1N(c1ccccc1)c1ccc2c(c1)c1cnccc1n2-c1ccccc1. The standard InChI is InChI=1S/C41H32N4/c1-5-13-31(14-6-1)43(32-15-7-2-8-16-32)35-21-23-36(24-22-35)44(33-17-9-3-10-18-33)37-25-26-40-38(29-37)39-30-42-28-27-41(39)45(40)34-19-11-4-12-20-34/h1-21,23-30,35H,22H2.